The average molecular weight is 468 g/mol. The second-order valence-corrected chi connectivity index (χ2v) is 7.90. The molecule has 30 heavy (non-hydrogen) atoms. The van der Waals surface area contributed by atoms with Crippen LogP contribution >= 0.6 is 15.9 Å². The summed E-state index contributed by atoms with van der Waals surface area (Å²) in [6.07, 6.45) is 0.192. The Morgan fingerprint density at radius 3 is 2.67 bits per heavy atom. The van der Waals surface area contributed by atoms with Crippen molar-refractivity contribution in [1.82, 2.24) is 20.1 Å². The summed E-state index contributed by atoms with van der Waals surface area (Å²) in [6.45, 7) is 4.37. The second kappa shape index (κ2) is 8.39. The molecule has 0 aliphatic carbocycles. The molecule has 2 heterocycles. The van der Waals surface area contributed by atoms with E-state index in [4.69, 9.17) is 9.73 Å². The molecule has 0 saturated heterocycles. The Bertz CT molecular complexity index is 1120. The molecule has 1 N–H and O–H groups in total. The quantitative estimate of drug-likeness (QED) is 0.619. The fourth-order valence-corrected chi connectivity index (χ4v) is 3.89. The molecule has 2 aromatic carbocycles. The first-order chi connectivity index (χ1) is 14.5. The number of hydrogen-bond donors (Lipinski definition) is 1. The predicted octanol–water partition coefficient (Wildman–Crippen LogP) is 3.77. The third kappa shape index (κ3) is 3.75. The number of nitrogens with zero attached hydrogens (tertiary/aromatic N) is 4. The van der Waals surface area contributed by atoms with Crippen LogP contribution in [0.15, 0.2) is 51.9 Å². The van der Waals surface area contributed by atoms with Crippen molar-refractivity contribution in [3.05, 3.63) is 69.7 Å². The molecule has 1 aliphatic heterocycles. The first kappa shape index (κ1) is 20.3. The molecule has 3 aromatic rings. The van der Waals surface area contributed by atoms with E-state index < -0.39 is 6.04 Å². The molecule has 0 spiro atoms. The number of benzene rings is 2. The van der Waals surface area contributed by atoms with Crippen molar-refractivity contribution < 1.29 is 9.53 Å². The highest BCUT2D eigenvalue weighted by Crippen LogP contribution is 2.34. The average Bonchev–Trinajstić information content (AvgIpc) is 3.06. The lowest BCUT2D eigenvalue weighted by Gasteiger charge is -2.14. The lowest BCUT2D eigenvalue weighted by Crippen LogP contribution is -2.25. The topological polar surface area (TPSA) is 81.4 Å². The van der Waals surface area contributed by atoms with Gasteiger partial charge in [-0.25, -0.2) is 0 Å². The molecule has 154 valence electrons. The molecule has 4 rings (SSSR count). The van der Waals surface area contributed by atoms with E-state index in [1.807, 2.05) is 60.9 Å². The number of hydrogen-bond acceptors (Lipinski definition) is 5. The monoisotopic (exact) mass is 467 g/mol. The number of rotatable bonds is 5. The summed E-state index contributed by atoms with van der Waals surface area (Å²) in [7, 11) is 1.64. The van der Waals surface area contributed by atoms with E-state index in [1.165, 1.54) is 0 Å². The lowest BCUT2D eigenvalue weighted by atomic mass is 10.00. The molecule has 7 nitrogen and oxygen atoms in total. The first-order valence-corrected chi connectivity index (χ1v) is 10.5. The van der Waals surface area contributed by atoms with Crippen molar-refractivity contribution in [2.45, 2.75) is 26.3 Å². The van der Waals surface area contributed by atoms with Gasteiger partial charge in [0.25, 0.3) is 0 Å². The molecular weight excluding hydrogens is 446 g/mol. The van der Waals surface area contributed by atoms with Crippen LogP contribution in [0.1, 0.15) is 42.2 Å². The van der Waals surface area contributed by atoms with Gasteiger partial charge < -0.3 is 10.1 Å². The fourth-order valence-electron chi connectivity index (χ4n) is 3.62. The van der Waals surface area contributed by atoms with E-state index in [-0.39, 0.29) is 12.3 Å². The van der Waals surface area contributed by atoms with Gasteiger partial charge in [0, 0.05) is 22.1 Å². The van der Waals surface area contributed by atoms with Crippen LogP contribution in [0.3, 0.4) is 0 Å². The second-order valence-electron chi connectivity index (χ2n) is 6.98. The highest BCUT2D eigenvalue weighted by Gasteiger charge is 2.29. The van der Waals surface area contributed by atoms with Crippen molar-refractivity contribution in [1.29, 1.82) is 0 Å². The first-order valence-electron chi connectivity index (χ1n) is 9.73. The minimum atomic E-state index is -0.463. The van der Waals surface area contributed by atoms with Gasteiger partial charge in [-0.05, 0) is 44.2 Å². The van der Waals surface area contributed by atoms with Gasteiger partial charge in [-0.3, -0.25) is 14.4 Å². The van der Waals surface area contributed by atoms with Gasteiger partial charge >= 0.3 is 0 Å². The SMILES string of the molecule is CCNC(=O)C[C@@H]1N=C(c2ccc(Br)cc2)c2cc(OC)ccc2-n2c(C)nnc21. The van der Waals surface area contributed by atoms with E-state index in [0.29, 0.717) is 12.4 Å². The van der Waals surface area contributed by atoms with Crippen LogP contribution in [0.5, 0.6) is 5.75 Å². The summed E-state index contributed by atoms with van der Waals surface area (Å²) < 4.78 is 8.44. The fraction of sp³-hybridized carbons (Fsp3) is 0.273. The zero-order chi connectivity index (χ0) is 21.3. The molecule has 0 radical (unpaired) electrons. The molecule has 8 heteroatoms. The van der Waals surface area contributed by atoms with Crippen molar-refractivity contribution in [3.8, 4) is 11.4 Å². The number of halogens is 1. The highest BCUT2D eigenvalue weighted by molar-refractivity contribution is 9.10. The number of nitrogens with one attached hydrogen (secondary N) is 1. The number of aryl methyl sites for hydroxylation is 1. The summed E-state index contributed by atoms with van der Waals surface area (Å²) in [5.41, 5.74) is 3.55. The third-order valence-electron chi connectivity index (χ3n) is 5.00. The largest absolute Gasteiger partial charge is 0.497 e. The number of methoxy groups -OCH3 is 1. The van der Waals surface area contributed by atoms with Crippen molar-refractivity contribution >= 4 is 27.5 Å². The van der Waals surface area contributed by atoms with Gasteiger partial charge in [-0.1, -0.05) is 28.1 Å². The zero-order valence-corrected chi connectivity index (χ0v) is 18.6. The Kier molecular flexibility index (Phi) is 5.67. The highest BCUT2D eigenvalue weighted by atomic mass is 79.9. The van der Waals surface area contributed by atoms with Gasteiger partial charge in [0.05, 0.1) is 24.9 Å². The van der Waals surface area contributed by atoms with Crippen LogP contribution in [0.25, 0.3) is 5.69 Å². The molecule has 0 unspecified atom stereocenters. The van der Waals surface area contributed by atoms with Crippen LogP contribution in [-0.4, -0.2) is 40.0 Å². The molecule has 1 amide bonds. The molecule has 1 aliphatic rings. The van der Waals surface area contributed by atoms with Gasteiger partial charge in [0.1, 0.15) is 17.6 Å². The summed E-state index contributed by atoms with van der Waals surface area (Å²) in [6, 6.07) is 13.4. The minimum Gasteiger partial charge on any atom is -0.497 e. The number of aliphatic imine (C=N–C) groups is 1. The van der Waals surface area contributed by atoms with Crippen molar-refractivity contribution in [2.75, 3.05) is 13.7 Å². The minimum absolute atomic E-state index is 0.0721. The summed E-state index contributed by atoms with van der Waals surface area (Å²) >= 11 is 3.49. The van der Waals surface area contributed by atoms with Crippen LogP contribution in [0.2, 0.25) is 0 Å². The number of fused-ring (bicyclic) bond motifs is 3. The third-order valence-corrected chi connectivity index (χ3v) is 5.53. The Balaban J connectivity index is 1.96. The maximum Gasteiger partial charge on any atom is 0.222 e. The lowest BCUT2D eigenvalue weighted by molar-refractivity contribution is -0.121. The molecule has 1 atom stereocenters. The van der Waals surface area contributed by atoms with E-state index in [9.17, 15) is 4.79 Å². The molecule has 0 saturated carbocycles. The molecule has 0 fully saturated rings. The number of carbonyl (C=O) groups is 1. The van der Waals surface area contributed by atoms with E-state index >= 15 is 0 Å². The summed E-state index contributed by atoms with van der Waals surface area (Å²) in [5, 5.41) is 11.5. The smallest absolute Gasteiger partial charge is 0.222 e. The van der Waals surface area contributed by atoms with E-state index in [1.54, 1.807) is 7.11 Å². The zero-order valence-electron chi connectivity index (χ0n) is 17.0. The summed E-state index contributed by atoms with van der Waals surface area (Å²) in [4.78, 5) is 17.5. The standard InChI is InChI=1S/C22H22BrN5O2/c1-4-24-20(29)12-18-22-27-26-13(2)28(22)19-10-9-16(30-3)11-17(19)21(25-18)14-5-7-15(23)8-6-14/h5-11,18H,4,12H2,1-3H3,(H,24,29)/t18-/m0/s1. The van der Waals surface area contributed by atoms with E-state index in [2.05, 4.69) is 31.4 Å². The van der Waals surface area contributed by atoms with Crippen LogP contribution in [0, 0.1) is 6.92 Å². The molecule has 0 bridgehead atoms. The number of ether oxygens (including phenoxy) is 1. The maximum atomic E-state index is 12.4. The van der Waals surface area contributed by atoms with Crippen molar-refractivity contribution in [3.63, 3.8) is 0 Å². The van der Waals surface area contributed by atoms with Gasteiger partial charge in [-0.15, -0.1) is 10.2 Å². The normalized spacial score (nSPS) is 14.9. The Labute approximate surface area is 183 Å². The van der Waals surface area contributed by atoms with Crippen LogP contribution in [-0.2, 0) is 4.79 Å². The van der Waals surface area contributed by atoms with Gasteiger partial charge in [0.2, 0.25) is 5.91 Å². The predicted molar refractivity (Wildman–Crippen MR) is 118 cm³/mol. The molecule has 1 aromatic heterocycles. The van der Waals surface area contributed by atoms with Gasteiger partial charge in [-0.2, -0.15) is 0 Å². The Morgan fingerprint density at radius 1 is 1.20 bits per heavy atom. The van der Waals surface area contributed by atoms with Crippen molar-refractivity contribution in [2.24, 2.45) is 4.99 Å². The Hall–Kier alpha value is -3.00. The Morgan fingerprint density at radius 2 is 1.97 bits per heavy atom. The maximum absolute atomic E-state index is 12.4. The van der Waals surface area contributed by atoms with Crippen LogP contribution in [0.4, 0.5) is 0 Å². The number of amides is 1. The number of carbonyl (C=O) groups excluding carboxylic acids is 1. The van der Waals surface area contributed by atoms with Crippen LogP contribution < -0.4 is 10.1 Å². The van der Waals surface area contributed by atoms with Gasteiger partial charge in [0.15, 0.2) is 5.82 Å². The molecular formula is C22H22BrN5O2. The van der Waals surface area contributed by atoms with E-state index in [0.717, 1.165) is 38.6 Å². The number of aromatic nitrogens is 3. The summed E-state index contributed by atoms with van der Waals surface area (Å²) in [5.74, 6) is 2.05.